The molecule has 1 aromatic heterocycles. The molecular formula is C21H19FN4O3. The van der Waals surface area contributed by atoms with Crippen LogP contribution in [0.3, 0.4) is 0 Å². The molecule has 7 nitrogen and oxygen atoms in total. The van der Waals surface area contributed by atoms with Gasteiger partial charge in [0.15, 0.2) is 11.5 Å². The van der Waals surface area contributed by atoms with Gasteiger partial charge in [-0.05, 0) is 36.8 Å². The molecule has 0 radical (unpaired) electrons. The molecule has 148 valence electrons. The van der Waals surface area contributed by atoms with Crippen LogP contribution < -0.4 is 20.1 Å². The van der Waals surface area contributed by atoms with Crippen LogP contribution in [0.15, 0.2) is 48.5 Å². The Kier molecular flexibility index (Phi) is 5.24. The Hall–Kier alpha value is -3.68. The maximum Gasteiger partial charge on any atom is 0.274 e. The highest BCUT2D eigenvalue weighted by atomic mass is 19.1. The van der Waals surface area contributed by atoms with E-state index in [2.05, 4.69) is 20.6 Å². The summed E-state index contributed by atoms with van der Waals surface area (Å²) in [5.74, 6) is 1.56. The number of nitrogens with one attached hydrogen (secondary N) is 2. The number of nitrogens with zero attached hydrogens (tertiary/aromatic N) is 2. The van der Waals surface area contributed by atoms with Crippen LogP contribution in [0.5, 0.6) is 11.5 Å². The first-order valence-electron chi connectivity index (χ1n) is 9.12. The molecule has 0 atom stereocenters. The number of carbonyl (C=O) groups excluding carboxylic acids is 1. The summed E-state index contributed by atoms with van der Waals surface area (Å²) >= 11 is 0. The van der Waals surface area contributed by atoms with Gasteiger partial charge in [0.1, 0.15) is 36.4 Å². The van der Waals surface area contributed by atoms with Gasteiger partial charge in [-0.2, -0.15) is 0 Å². The van der Waals surface area contributed by atoms with Crippen LogP contribution in [-0.2, 0) is 6.54 Å². The summed E-state index contributed by atoms with van der Waals surface area (Å²) in [6.07, 6.45) is 0. The second-order valence-corrected chi connectivity index (χ2v) is 6.48. The number of benzene rings is 2. The van der Waals surface area contributed by atoms with Crippen molar-refractivity contribution >= 4 is 17.4 Å². The Bertz CT molecular complexity index is 1040. The van der Waals surface area contributed by atoms with Crippen molar-refractivity contribution in [1.82, 2.24) is 9.97 Å². The van der Waals surface area contributed by atoms with E-state index in [1.165, 1.54) is 12.1 Å². The summed E-state index contributed by atoms with van der Waals surface area (Å²) in [5, 5.41) is 5.94. The molecule has 2 aromatic carbocycles. The molecule has 1 aliphatic heterocycles. The predicted molar refractivity (Wildman–Crippen MR) is 106 cm³/mol. The van der Waals surface area contributed by atoms with Gasteiger partial charge in [-0.25, -0.2) is 14.4 Å². The highest BCUT2D eigenvalue weighted by Crippen LogP contribution is 2.32. The minimum absolute atomic E-state index is 0.231. The third-order valence-corrected chi connectivity index (χ3v) is 4.26. The van der Waals surface area contributed by atoms with E-state index in [9.17, 15) is 9.18 Å². The second-order valence-electron chi connectivity index (χ2n) is 6.48. The number of fused-ring (bicyclic) bond motifs is 1. The molecular weight excluding hydrogens is 375 g/mol. The SMILES string of the molecule is Cc1nc(NCc2ccc(F)cc2)cc(C(=O)Nc2ccc3c(c2)OCCO3)n1. The lowest BCUT2D eigenvalue weighted by Crippen LogP contribution is -2.17. The summed E-state index contributed by atoms with van der Waals surface area (Å²) in [6, 6.07) is 13.0. The van der Waals surface area contributed by atoms with E-state index in [1.54, 1.807) is 43.3 Å². The smallest absolute Gasteiger partial charge is 0.274 e. The quantitative estimate of drug-likeness (QED) is 0.688. The molecule has 0 fully saturated rings. The van der Waals surface area contributed by atoms with E-state index >= 15 is 0 Å². The minimum atomic E-state index is -0.364. The molecule has 4 rings (SSSR count). The number of carbonyl (C=O) groups is 1. The molecule has 1 aliphatic rings. The average molecular weight is 394 g/mol. The van der Waals surface area contributed by atoms with Gasteiger partial charge in [0.25, 0.3) is 5.91 Å². The van der Waals surface area contributed by atoms with E-state index < -0.39 is 0 Å². The fraction of sp³-hybridized carbons (Fsp3) is 0.190. The van der Waals surface area contributed by atoms with Gasteiger partial charge >= 0.3 is 0 Å². The highest BCUT2D eigenvalue weighted by molar-refractivity contribution is 6.03. The standard InChI is InChI=1S/C21H19FN4O3/c1-13-24-17(11-20(25-13)23-12-14-2-4-15(22)5-3-14)21(27)26-16-6-7-18-19(10-16)29-9-8-28-18/h2-7,10-11H,8-9,12H2,1H3,(H,26,27)(H,23,24,25). The molecule has 3 aromatic rings. The van der Waals surface area contributed by atoms with Crippen LogP contribution >= 0.6 is 0 Å². The van der Waals surface area contributed by atoms with Crippen LogP contribution in [0.2, 0.25) is 0 Å². The molecule has 0 saturated carbocycles. The summed E-state index contributed by atoms with van der Waals surface area (Å²) in [7, 11) is 0. The summed E-state index contributed by atoms with van der Waals surface area (Å²) < 4.78 is 24.0. The van der Waals surface area contributed by atoms with Gasteiger partial charge in [-0.3, -0.25) is 4.79 Å². The summed E-state index contributed by atoms with van der Waals surface area (Å²) in [6.45, 7) is 3.13. The normalized spacial score (nSPS) is 12.3. The Balaban J connectivity index is 1.46. The first kappa shape index (κ1) is 18.7. The number of rotatable bonds is 5. The first-order chi connectivity index (χ1) is 14.1. The zero-order valence-electron chi connectivity index (χ0n) is 15.7. The molecule has 8 heteroatoms. The van der Waals surface area contributed by atoms with Gasteiger partial charge < -0.3 is 20.1 Å². The number of anilines is 2. The van der Waals surface area contributed by atoms with Crippen LogP contribution in [0.25, 0.3) is 0 Å². The number of aryl methyl sites for hydroxylation is 1. The molecule has 2 heterocycles. The first-order valence-corrected chi connectivity index (χ1v) is 9.12. The molecule has 2 N–H and O–H groups in total. The number of amides is 1. The van der Waals surface area contributed by atoms with E-state index in [0.717, 1.165) is 5.56 Å². The van der Waals surface area contributed by atoms with E-state index in [0.29, 0.717) is 48.6 Å². The lowest BCUT2D eigenvalue weighted by molar-refractivity contribution is 0.102. The fourth-order valence-corrected chi connectivity index (χ4v) is 2.89. The van der Waals surface area contributed by atoms with Crippen molar-refractivity contribution in [2.24, 2.45) is 0 Å². The molecule has 0 spiro atoms. The minimum Gasteiger partial charge on any atom is -0.486 e. The Morgan fingerprint density at radius 1 is 1.03 bits per heavy atom. The number of halogens is 1. The Morgan fingerprint density at radius 3 is 2.59 bits per heavy atom. The monoisotopic (exact) mass is 394 g/mol. The highest BCUT2D eigenvalue weighted by Gasteiger charge is 2.15. The van der Waals surface area contributed by atoms with Crippen molar-refractivity contribution in [3.05, 3.63) is 71.4 Å². The van der Waals surface area contributed by atoms with Gasteiger partial charge in [0.05, 0.1) is 0 Å². The number of hydrogen-bond donors (Lipinski definition) is 2. The lowest BCUT2D eigenvalue weighted by Gasteiger charge is -2.19. The van der Waals surface area contributed by atoms with Crippen LogP contribution in [0, 0.1) is 12.7 Å². The average Bonchev–Trinajstić information content (AvgIpc) is 2.73. The molecule has 1 amide bonds. The summed E-state index contributed by atoms with van der Waals surface area (Å²) in [4.78, 5) is 21.2. The zero-order valence-corrected chi connectivity index (χ0v) is 15.7. The Morgan fingerprint density at radius 2 is 1.79 bits per heavy atom. The Labute approximate surface area is 166 Å². The van der Waals surface area contributed by atoms with E-state index in [1.807, 2.05) is 0 Å². The predicted octanol–water partition coefficient (Wildman–Crippen LogP) is 3.56. The number of aromatic nitrogens is 2. The van der Waals surface area contributed by atoms with Crippen LogP contribution in [-0.4, -0.2) is 29.1 Å². The van der Waals surface area contributed by atoms with Gasteiger partial charge in [0.2, 0.25) is 0 Å². The molecule has 0 bridgehead atoms. The lowest BCUT2D eigenvalue weighted by atomic mass is 10.2. The van der Waals surface area contributed by atoms with Gasteiger partial charge in [0, 0.05) is 24.4 Å². The number of ether oxygens (including phenoxy) is 2. The zero-order chi connectivity index (χ0) is 20.2. The van der Waals surface area contributed by atoms with Crippen LogP contribution in [0.4, 0.5) is 15.9 Å². The maximum absolute atomic E-state index is 13.0. The van der Waals surface area contributed by atoms with Crippen molar-refractivity contribution in [2.75, 3.05) is 23.8 Å². The van der Waals surface area contributed by atoms with Gasteiger partial charge in [-0.1, -0.05) is 12.1 Å². The molecule has 0 unspecified atom stereocenters. The third kappa shape index (κ3) is 4.60. The van der Waals surface area contributed by atoms with Gasteiger partial charge in [-0.15, -0.1) is 0 Å². The second kappa shape index (κ2) is 8.14. The number of hydrogen-bond acceptors (Lipinski definition) is 6. The molecule has 0 saturated heterocycles. The van der Waals surface area contributed by atoms with Crippen molar-refractivity contribution in [3.8, 4) is 11.5 Å². The summed E-state index contributed by atoms with van der Waals surface area (Å²) in [5.41, 5.74) is 1.70. The van der Waals surface area contributed by atoms with Crippen molar-refractivity contribution in [2.45, 2.75) is 13.5 Å². The van der Waals surface area contributed by atoms with Crippen molar-refractivity contribution in [1.29, 1.82) is 0 Å². The fourth-order valence-electron chi connectivity index (χ4n) is 2.89. The van der Waals surface area contributed by atoms with Crippen molar-refractivity contribution in [3.63, 3.8) is 0 Å². The maximum atomic E-state index is 13.0. The van der Waals surface area contributed by atoms with Crippen LogP contribution in [0.1, 0.15) is 21.9 Å². The third-order valence-electron chi connectivity index (χ3n) is 4.26. The van der Waals surface area contributed by atoms with Crippen molar-refractivity contribution < 1.29 is 18.7 Å². The molecule has 0 aliphatic carbocycles. The molecule has 29 heavy (non-hydrogen) atoms. The van der Waals surface area contributed by atoms with E-state index in [4.69, 9.17) is 9.47 Å². The largest absolute Gasteiger partial charge is 0.486 e. The topological polar surface area (TPSA) is 85.4 Å². The van der Waals surface area contributed by atoms with E-state index in [-0.39, 0.29) is 17.4 Å².